The van der Waals surface area contributed by atoms with Crippen LogP contribution in [0.2, 0.25) is 0 Å². The molecule has 31 heavy (non-hydrogen) atoms. The Morgan fingerprint density at radius 3 is 2.48 bits per heavy atom. The highest BCUT2D eigenvalue weighted by atomic mass is 16.5. The minimum atomic E-state index is -0.201. The fourth-order valence-corrected chi connectivity index (χ4v) is 3.28. The van der Waals surface area contributed by atoms with E-state index in [-0.39, 0.29) is 12.0 Å². The summed E-state index contributed by atoms with van der Waals surface area (Å²) in [6.45, 7) is 1.68. The monoisotopic (exact) mass is 427 g/mol. The Kier molecular flexibility index (Phi) is 8.18. The number of carbonyl (C=O) groups excluding carboxylic acids is 1. The zero-order chi connectivity index (χ0) is 22.1. The lowest BCUT2D eigenvalue weighted by molar-refractivity contribution is -0.116. The molecular formula is C24H29NO6. The Bertz CT molecular complexity index is 905. The molecule has 1 atom stereocenters. The van der Waals surface area contributed by atoms with Gasteiger partial charge in [-0.05, 0) is 54.3 Å². The van der Waals surface area contributed by atoms with Crippen molar-refractivity contribution in [2.75, 3.05) is 34.5 Å². The molecule has 0 radical (unpaired) electrons. The van der Waals surface area contributed by atoms with Gasteiger partial charge in [0, 0.05) is 19.2 Å². The fourth-order valence-electron chi connectivity index (χ4n) is 3.28. The van der Waals surface area contributed by atoms with Gasteiger partial charge in [0.05, 0.1) is 27.4 Å². The van der Waals surface area contributed by atoms with E-state index >= 15 is 0 Å². The summed E-state index contributed by atoms with van der Waals surface area (Å²) in [6.07, 6.45) is 5.44. The normalized spacial score (nSPS) is 15.6. The Labute approximate surface area is 182 Å². The lowest BCUT2D eigenvalue weighted by atomic mass is 10.1. The molecule has 1 aliphatic rings. The second-order valence-electron chi connectivity index (χ2n) is 7.10. The van der Waals surface area contributed by atoms with Gasteiger partial charge in [0.1, 0.15) is 6.61 Å². The van der Waals surface area contributed by atoms with Crippen molar-refractivity contribution in [3.05, 3.63) is 53.6 Å². The number of carbonyl (C=O) groups is 1. The van der Waals surface area contributed by atoms with E-state index in [2.05, 4.69) is 5.32 Å². The van der Waals surface area contributed by atoms with Gasteiger partial charge in [-0.3, -0.25) is 4.79 Å². The number of nitrogens with one attached hydrogen (secondary N) is 1. The molecule has 3 rings (SSSR count). The molecule has 2 aromatic rings. The highest BCUT2D eigenvalue weighted by Crippen LogP contribution is 2.29. The van der Waals surface area contributed by atoms with Crippen LogP contribution in [0.3, 0.4) is 0 Å². The third-order valence-corrected chi connectivity index (χ3v) is 4.98. The molecule has 0 aromatic heterocycles. The van der Waals surface area contributed by atoms with Crippen LogP contribution < -0.4 is 24.3 Å². The van der Waals surface area contributed by atoms with Gasteiger partial charge in [-0.1, -0.05) is 12.1 Å². The summed E-state index contributed by atoms with van der Waals surface area (Å²) in [5, 5.41) is 2.87. The van der Waals surface area contributed by atoms with E-state index in [4.69, 9.17) is 23.7 Å². The zero-order valence-electron chi connectivity index (χ0n) is 18.2. The number of methoxy groups -OCH3 is 3. The van der Waals surface area contributed by atoms with Gasteiger partial charge in [0.2, 0.25) is 5.91 Å². The SMILES string of the molecule is COc1ccc(C=CC(=O)NCc2ccc(OCC3CCCO3)c(OC)c2)cc1OC. The van der Waals surface area contributed by atoms with E-state index < -0.39 is 0 Å². The smallest absolute Gasteiger partial charge is 0.244 e. The highest BCUT2D eigenvalue weighted by Gasteiger charge is 2.17. The van der Waals surface area contributed by atoms with Crippen molar-refractivity contribution in [1.82, 2.24) is 5.32 Å². The number of hydrogen-bond acceptors (Lipinski definition) is 6. The molecule has 0 saturated carbocycles. The van der Waals surface area contributed by atoms with Crippen molar-refractivity contribution in [2.45, 2.75) is 25.5 Å². The molecule has 166 valence electrons. The van der Waals surface area contributed by atoms with Crippen LogP contribution in [0.4, 0.5) is 0 Å². The van der Waals surface area contributed by atoms with Crippen LogP contribution in [0.15, 0.2) is 42.5 Å². The second kappa shape index (κ2) is 11.3. The minimum Gasteiger partial charge on any atom is -0.493 e. The maximum Gasteiger partial charge on any atom is 0.244 e. The first kappa shape index (κ1) is 22.5. The first-order chi connectivity index (χ1) is 15.1. The quantitative estimate of drug-likeness (QED) is 0.584. The maximum atomic E-state index is 12.2. The number of ether oxygens (including phenoxy) is 5. The van der Waals surface area contributed by atoms with Crippen LogP contribution in [0.5, 0.6) is 23.0 Å². The predicted octanol–water partition coefficient (Wildman–Crippen LogP) is 3.60. The van der Waals surface area contributed by atoms with Crippen molar-refractivity contribution in [3.8, 4) is 23.0 Å². The highest BCUT2D eigenvalue weighted by molar-refractivity contribution is 5.91. The largest absolute Gasteiger partial charge is 0.493 e. The molecule has 1 heterocycles. The van der Waals surface area contributed by atoms with Crippen LogP contribution in [-0.2, 0) is 16.1 Å². The van der Waals surface area contributed by atoms with E-state index in [1.54, 1.807) is 33.5 Å². The molecule has 0 spiro atoms. The summed E-state index contributed by atoms with van der Waals surface area (Å²) >= 11 is 0. The molecule has 0 aliphatic carbocycles. The molecule has 1 aliphatic heterocycles. The predicted molar refractivity (Wildman–Crippen MR) is 118 cm³/mol. The summed E-state index contributed by atoms with van der Waals surface area (Å²) in [5.74, 6) is 2.35. The Balaban J connectivity index is 1.53. The zero-order valence-corrected chi connectivity index (χ0v) is 18.2. The van der Waals surface area contributed by atoms with Crippen LogP contribution in [0.25, 0.3) is 6.08 Å². The third-order valence-electron chi connectivity index (χ3n) is 4.98. The molecule has 7 nitrogen and oxygen atoms in total. The number of hydrogen-bond donors (Lipinski definition) is 1. The molecule has 2 aromatic carbocycles. The molecule has 1 fully saturated rings. The molecule has 7 heteroatoms. The summed E-state index contributed by atoms with van der Waals surface area (Å²) in [4.78, 5) is 12.2. The van der Waals surface area contributed by atoms with Crippen molar-refractivity contribution >= 4 is 12.0 Å². The van der Waals surface area contributed by atoms with Crippen molar-refractivity contribution in [2.24, 2.45) is 0 Å². The number of rotatable bonds is 10. The van der Waals surface area contributed by atoms with E-state index in [1.807, 2.05) is 30.3 Å². The van der Waals surface area contributed by atoms with Crippen molar-refractivity contribution < 1.29 is 28.5 Å². The third kappa shape index (κ3) is 6.39. The fraction of sp³-hybridized carbons (Fsp3) is 0.375. The average Bonchev–Trinajstić information content (AvgIpc) is 3.33. The lowest BCUT2D eigenvalue weighted by Gasteiger charge is -2.15. The molecular weight excluding hydrogens is 398 g/mol. The summed E-state index contributed by atoms with van der Waals surface area (Å²) in [5.41, 5.74) is 1.75. The first-order valence-corrected chi connectivity index (χ1v) is 10.2. The summed E-state index contributed by atoms with van der Waals surface area (Å²) < 4.78 is 27.4. The Hall–Kier alpha value is -3.19. The molecule has 1 N–H and O–H groups in total. The van der Waals surface area contributed by atoms with E-state index in [0.717, 1.165) is 30.6 Å². The Morgan fingerprint density at radius 1 is 1.03 bits per heavy atom. The molecule has 1 amide bonds. The second-order valence-corrected chi connectivity index (χ2v) is 7.10. The Morgan fingerprint density at radius 2 is 1.77 bits per heavy atom. The van der Waals surface area contributed by atoms with Crippen molar-refractivity contribution in [3.63, 3.8) is 0 Å². The average molecular weight is 427 g/mol. The van der Waals surface area contributed by atoms with Gasteiger partial charge in [-0.15, -0.1) is 0 Å². The van der Waals surface area contributed by atoms with Crippen LogP contribution in [0, 0.1) is 0 Å². The summed E-state index contributed by atoms with van der Waals surface area (Å²) in [6, 6.07) is 11.1. The van der Waals surface area contributed by atoms with Gasteiger partial charge in [-0.25, -0.2) is 0 Å². The van der Waals surface area contributed by atoms with Gasteiger partial charge in [-0.2, -0.15) is 0 Å². The van der Waals surface area contributed by atoms with Crippen LogP contribution in [-0.4, -0.2) is 46.6 Å². The van der Waals surface area contributed by atoms with Gasteiger partial charge >= 0.3 is 0 Å². The molecule has 1 saturated heterocycles. The summed E-state index contributed by atoms with van der Waals surface area (Å²) in [7, 11) is 4.76. The maximum absolute atomic E-state index is 12.2. The van der Waals surface area contributed by atoms with Crippen molar-refractivity contribution in [1.29, 1.82) is 0 Å². The number of benzene rings is 2. The lowest BCUT2D eigenvalue weighted by Crippen LogP contribution is -2.20. The van der Waals surface area contributed by atoms with Gasteiger partial charge < -0.3 is 29.0 Å². The minimum absolute atomic E-state index is 0.140. The van der Waals surface area contributed by atoms with Gasteiger partial charge in [0.25, 0.3) is 0 Å². The standard InChI is InChI=1S/C24H29NO6/c1-27-20-9-6-17(13-22(20)28-2)8-11-24(26)25-15-18-7-10-21(23(14-18)29-3)31-16-19-5-4-12-30-19/h6-11,13-14,19H,4-5,12,15-16H2,1-3H3,(H,25,26). The first-order valence-electron chi connectivity index (χ1n) is 10.2. The van der Waals surface area contributed by atoms with E-state index in [0.29, 0.717) is 36.1 Å². The van der Waals surface area contributed by atoms with E-state index in [1.165, 1.54) is 6.08 Å². The van der Waals surface area contributed by atoms with Crippen LogP contribution >= 0.6 is 0 Å². The number of amides is 1. The van der Waals surface area contributed by atoms with E-state index in [9.17, 15) is 4.79 Å². The molecule has 1 unspecified atom stereocenters. The molecule has 0 bridgehead atoms. The topological polar surface area (TPSA) is 75.3 Å². The van der Waals surface area contributed by atoms with Crippen LogP contribution in [0.1, 0.15) is 24.0 Å². The van der Waals surface area contributed by atoms with Gasteiger partial charge in [0.15, 0.2) is 23.0 Å².